The maximum atomic E-state index is 11.8. The molecular weight excluding hydrogens is 190 g/mol. The zero-order valence-corrected chi connectivity index (χ0v) is 8.57. The second-order valence-corrected chi connectivity index (χ2v) is 4.58. The van der Waals surface area contributed by atoms with Crippen LogP contribution in [-0.4, -0.2) is 15.9 Å². The number of aromatic amines is 1. The maximum Gasteiger partial charge on any atom is 0.224 e. The molecule has 0 radical (unpaired) electrons. The number of carbonyl (C=O) groups excluding carboxylic acids is 1. The fourth-order valence-corrected chi connectivity index (χ4v) is 2.89. The summed E-state index contributed by atoms with van der Waals surface area (Å²) in [7, 11) is 0. The van der Waals surface area contributed by atoms with Gasteiger partial charge in [0.15, 0.2) is 0 Å². The fraction of sp³-hybridized carbons (Fsp3) is 0.636. The first-order chi connectivity index (χ1) is 7.36. The van der Waals surface area contributed by atoms with Gasteiger partial charge in [0.05, 0.1) is 18.6 Å². The molecule has 1 heterocycles. The Balaban J connectivity index is 1.50. The van der Waals surface area contributed by atoms with Crippen LogP contribution in [0.5, 0.6) is 0 Å². The number of fused-ring (bicyclic) bond motifs is 1. The molecular formula is C11H15N3O. The topological polar surface area (TPSA) is 57.8 Å². The van der Waals surface area contributed by atoms with E-state index in [9.17, 15) is 4.79 Å². The number of aromatic nitrogens is 2. The number of H-pyrrole nitrogens is 1. The predicted molar refractivity (Wildman–Crippen MR) is 54.8 cm³/mol. The number of imidazole rings is 1. The molecule has 2 unspecified atom stereocenters. The second-order valence-electron chi connectivity index (χ2n) is 4.58. The van der Waals surface area contributed by atoms with Gasteiger partial charge in [-0.25, -0.2) is 4.98 Å². The molecule has 4 heteroatoms. The summed E-state index contributed by atoms with van der Waals surface area (Å²) >= 11 is 0. The molecule has 1 amide bonds. The van der Waals surface area contributed by atoms with Crippen LogP contribution in [0, 0.1) is 17.8 Å². The Labute approximate surface area is 88.5 Å². The smallest absolute Gasteiger partial charge is 0.224 e. The number of hydrogen-bond acceptors (Lipinski definition) is 2. The normalized spacial score (nSPS) is 32.4. The van der Waals surface area contributed by atoms with Crippen molar-refractivity contribution in [1.29, 1.82) is 0 Å². The van der Waals surface area contributed by atoms with Crippen LogP contribution in [0.3, 0.4) is 0 Å². The van der Waals surface area contributed by atoms with E-state index in [1.807, 2.05) is 0 Å². The van der Waals surface area contributed by atoms with E-state index in [0.717, 1.165) is 5.69 Å². The van der Waals surface area contributed by atoms with Crippen molar-refractivity contribution in [3.8, 4) is 0 Å². The van der Waals surface area contributed by atoms with Crippen molar-refractivity contribution in [3.05, 3.63) is 18.2 Å². The third-order valence-electron chi connectivity index (χ3n) is 3.72. The van der Waals surface area contributed by atoms with Gasteiger partial charge in [0.1, 0.15) is 0 Å². The summed E-state index contributed by atoms with van der Waals surface area (Å²) in [4.78, 5) is 18.7. The summed E-state index contributed by atoms with van der Waals surface area (Å²) in [5, 5.41) is 2.97. The highest BCUT2D eigenvalue weighted by Crippen LogP contribution is 2.57. The van der Waals surface area contributed by atoms with Crippen molar-refractivity contribution in [3.63, 3.8) is 0 Å². The molecule has 2 N–H and O–H groups in total. The number of nitrogens with zero attached hydrogens (tertiary/aromatic N) is 1. The highest BCUT2D eigenvalue weighted by atomic mass is 16.2. The largest absolute Gasteiger partial charge is 0.350 e. The number of hydrogen-bond donors (Lipinski definition) is 2. The lowest BCUT2D eigenvalue weighted by atomic mass is 10.1. The molecule has 0 aliphatic heterocycles. The first-order valence-electron chi connectivity index (χ1n) is 5.61. The van der Waals surface area contributed by atoms with Gasteiger partial charge in [0.25, 0.3) is 0 Å². The van der Waals surface area contributed by atoms with Gasteiger partial charge in [-0.05, 0) is 24.7 Å². The molecule has 1 aromatic rings. The van der Waals surface area contributed by atoms with E-state index in [0.29, 0.717) is 24.3 Å². The molecule has 1 aromatic heterocycles. The van der Waals surface area contributed by atoms with Gasteiger partial charge in [0, 0.05) is 12.1 Å². The Morgan fingerprint density at radius 3 is 3.00 bits per heavy atom. The summed E-state index contributed by atoms with van der Waals surface area (Å²) in [6, 6.07) is 0. The molecule has 0 spiro atoms. The highest BCUT2D eigenvalue weighted by Gasteiger charge is 2.56. The molecule has 15 heavy (non-hydrogen) atoms. The van der Waals surface area contributed by atoms with Gasteiger partial charge in [-0.1, -0.05) is 6.42 Å². The predicted octanol–water partition coefficient (Wildman–Crippen LogP) is 1.07. The van der Waals surface area contributed by atoms with Crippen molar-refractivity contribution in [2.24, 2.45) is 17.8 Å². The molecule has 2 aliphatic carbocycles. The summed E-state index contributed by atoms with van der Waals surface area (Å²) in [6.45, 7) is 0.578. The van der Waals surface area contributed by atoms with E-state index >= 15 is 0 Å². The number of amides is 1. The first-order valence-corrected chi connectivity index (χ1v) is 5.61. The maximum absolute atomic E-state index is 11.8. The van der Waals surface area contributed by atoms with Gasteiger partial charge in [-0.15, -0.1) is 0 Å². The number of carbonyl (C=O) groups is 1. The van der Waals surface area contributed by atoms with Gasteiger partial charge in [-0.3, -0.25) is 4.79 Å². The number of rotatable bonds is 3. The Morgan fingerprint density at radius 2 is 2.33 bits per heavy atom. The minimum atomic E-state index is 0.235. The average Bonchev–Trinajstić information content (AvgIpc) is 2.72. The quantitative estimate of drug-likeness (QED) is 0.775. The van der Waals surface area contributed by atoms with E-state index in [4.69, 9.17) is 0 Å². The molecule has 2 fully saturated rings. The lowest BCUT2D eigenvalue weighted by Gasteiger charge is -2.04. The molecule has 0 aromatic carbocycles. The van der Waals surface area contributed by atoms with Crippen LogP contribution in [0.2, 0.25) is 0 Å². The van der Waals surface area contributed by atoms with Crippen molar-refractivity contribution in [2.75, 3.05) is 0 Å². The molecule has 2 aliphatic rings. The summed E-state index contributed by atoms with van der Waals surface area (Å²) in [5.74, 6) is 1.96. The van der Waals surface area contributed by atoms with Gasteiger partial charge < -0.3 is 10.3 Å². The van der Waals surface area contributed by atoms with Crippen LogP contribution >= 0.6 is 0 Å². The third kappa shape index (κ3) is 1.54. The van der Waals surface area contributed by atoms with E-state index in [1.165, 1.54) is 19.3 Å². The van der Waals surface area contributed by atoms with Crippen LogP contribution in [0.1, 0.15) is 25.0 Å². The molecule has 2 saturated carbocycles. The Kier molecular flexibility index (Phi) is 2.01. The Morgan fingerprint density at radius 1 is 1.53 bits per heavy atom. The molecule has 0 bridgehead atoms. The zero-order chi connectivity index (χ0) is 10.3. The SMILES string of the molecule is O=C(NCc1cnc[nH]1)C1C2CCCC21. The molecule has 80 valence electrons. The van der Waals surface area contributed by atoms with E-state index in [1.54, 1.807) is 12.5 Å². The molecule has 3 rings (SSSR count). The first kappa shape index (κ1) is 8.95. The van der Waals surface area contributed by atoms with E-state index < -0.39 is 0 Å². The van der Waals surface area contributed by atoms with Gasteiger partial charge in [-0.2, -0.15) is 0 Å². The zero-order valence-electron chi connectivity index (χ0n) is 8.57. The molecule has 0 saturated heterocycles. The van der Waals surface area contributed by atoms with Gasteiger partial charge >= 0.3 is 0 Å². The lowest BCUT2D eigenvalue weighted by molar-refractivity contribution is -0.123. The van der Waals surface area contributed by atoms with Crippen molar-refractivity contribution in [1.82, 2.24) is 15.3 Å². The highest BCUT2D eigenvalue weighted by molar-refractivity contribution is 5.82. The minimum Gasteiger partial charge on any atom is -0.350 e. The second kappa shape index (κ2) is 3.36. The van der Waals surface area contributed by atoms with Crippen LogP contribution < -0.4 is 5.32 Å². The summed E-state index contributed by atoms with van der Waals surface area (Å²) in [5.41, 5.74) is 0.967. The molecule has 2 atom stereocenters. The van der Waals surface area contributed by atoms with E-state index in [2.05, 4.69) is 15.3 Å². The Bertz CT molecular complexity index is 350. The van der Waals surface area contributed by atoms with Crippen LogP contribution in [0.15, 0.2) is 12.5 Å². The summed E-state index contributed by atoms with van der Waals surface area (Å²) in [6.07, 6.45) is 7.21. The van der Waals surface area contributed by atoms with Gasteiger partial charge in [0.2, 0.25) is 5.91 Å². The van der Waals surface area contributed by atoms with Crippen molar-refractivity contribution >= 4 is 5.91 Å². The average molecular weight is 205 g/mol. The van der Waals surface area contributed by atoms with Crippen LogP contribution in [-0.2, 0) is 11.3 Å². The minimum absolute atomic E-state index is 0.235. The van der Waals surface area contributed by atoms with E-state index in [-0.39, 0.29) is 5.91 Å². The monoisotopic (exact) mass is 205 g/mol. The Hall–Kier alpha value is -1.32. The fourth-order valence-electron chi connectivity index (χ4n) is 2.89. The molecule has 4 nitrogen and oxygen atoms in total. The lowest BCUT2D eigenvalue weighted by Crippen LogP contribution is -2.26. The standard InChI is InChI=1S/C11H15N3O/c15-11(10-8-2-1-3-9(8)10)13-5-7-4-12-6-14-7/h4,6,8-10H,1-3,5H2,(H,12,14)(H,13,15). The van der Waals surface area contributed by atoms with Crippen molar-refractivity contribution < 1.29 is 4.79 Å². The van der Waals surface area contributed by atoms with Crippen LogP contribution in [0.4, 0.5) is 0 Å². The van der Waals surface area contributed by atoms with Crippen molar-refractivity contribution in [2.45, 2.75) is 25.8 Å². The summed E-state index contributed by atoms with van der Waals surface area (Å²) < 4.78 is 0. The number of nitrogens with one attached hydrogen (secondary N) is 2. The van der Waals surface area contributed by atoms with Crippen LogP contribution in [0.25, 0.3) is 0 Å². The third-order valence-corrected chi connectivity index (χ3v) is 3.72.